The summed E-state index contributed by atoms with van der Waals surface area (Å²) in [7, 11) is 7.51. The lowest BCUT2D eigenvalue weighted by molar-refractivity contribution is 0.252. The van der Waals surface area contributed by atoms with E-state index in [1.54, 1.807) is 20.5 Å². The number of hydrogen-bond acceptors (Lipinski definition) is 8. The van der Waals surface area contributed by atoms with Gasteiger partial charge in [-0.1, -0.05) is 6.07 Å². The van der Waals surface area contributed by atoms with Gasteiger partial charge in [0.15, 0.2) is 23.1 Å². The van der Waals surface area contributed by atoms with Crippen molar-refractivity contribution in [1.29, 1.82) is 0 Å². The summed E-state index contributed by atoms with van der Waals surface area (Å²) in [6.45, 7) is 2.89. The summed E-state index contributed by atoms with van der Waals surface area (Å²) in [5, 5.41) is 3.35. The third kappa shape index (κ3) is 5.00. The van der Waals surface area contributed by atoms with Gasteiger partial charge in [0, 0.05) is 19.6 Å². The number of aromatic nitrogens is 2. The van der Waals surface area contributed by atoms with Crippen molar-refractivity contribution in [3.63, 3.8) is 0 Å². The van der Waals surface area contributed by atoms with Crippen LogP contribution >= 0.6 is 0 Å². The first-order valence-corrected chi connectivity index (χ1v) is 10.00. The highest BCUT2D eigenvalue weighted by Crippen LogP contribution is 2.30. The van der Waals surface area contributed by atoms with E-state index in [0.717, 1.165) is 55.2 Å². The van der Waals surface area contributed by atoms with Crippen LogP contribution in [0.2, 0.25) is 0 Å². The molecule has 0 unspecified atom stereocenters. The van der Waals surface area contributed by atoms with Crippen molar-refractivity contribution < 1.29 is 9.47 Å². The van der Waals surface area contributed by atoms with E-state index in [1.807, 2.05) is 18.2 Å². The van der Waals surface area contributed by atoms with Crippen molar-refractivity contribution in [3.05, 3.63) is 30.1 Å². The summed E-state index contributed by atoms with van der Waals surface area (Å²) < 4.78 is 10.7. The van der Waals surface area contributed by atoms with E-state index in [-0.39, 0.29) is 0 Å². The average Bonchev–Trinajstić information content (AvgIpc) is 2.75. The zero-order chi connectivity index (χ0) is 20.8. The quantitative estimate of drug-likeness (QED) is 0.698. The molecule has 2 aromatic rings. The maximum Gasteiger partial charge on any atom is 0.160 e. The molecule has 0 aliphatic carbocycles. The first kappa shape index (κ1) is 21.0. The highest BCUT2D eigenvalue weighted by Gasteiger charge is 2.23. The molecule has 1 saturated heterocycles. The van der Waals surface area contributed by atoms with Gasteiger partial charge in [-0.25, -0.2) is 9.97 Å². The van der Waals surface area contributed by atoms with E-state index in [0.29, 0.717) is 24.1 Å². The van der Waals surface area contributed by atoms with E-state index in [1.165, 1.54) is 0 Å². The number of hydrogen-bond donors (Lipinski definition) is 2. The second kappa shape index (κ2) is 9.65. The van der Waals surface area contributed by atoms with Gasteiger partial charge in [-0.2, -0.15) is 0 Å². The molecule has 0 atom stereocenters. The zero-order valence-corrected chi connectivity index (χ0v) is 17.8. The predicted octanol–water partition coefficient (Wildman–Crippen LogP) is 2.26. The molecule has 1 aliphatic rings. The maximum absolute atomic E-state index is 6.41. The Bertz CT molecular complexity index is 808. The number of nitrogens with zero attached hydrogens (tertiary/aromatic N) is 4. The van der Waals surface area contributed by atoms with Crippen LogP contribution in [0.3, 0.4) is 0 Å². The van der Waals surface area contributed by atoms with Crippen LogP contribution in [0.1, 0.15) is 18.4 Å². The molecule has 2 heterocycles. The monoisotopic (exact) mass is 400 g/mol. The summed E-state index contributed by atoms with van der Waals surface area (Å²) >= 11 is 0. The number of nitrogens with one attached hydrogen (secondary N) is 1. The maximum atomic E-state index is 6.41. The summed E-state index contributed by atoms with van der Waals surface area (Å²) in [6, 6.07) is 6.39. The number of methoxy groups -OCH3 is 2. The number of nitrogens with two attached hydrogens (primary N) is 1. The van der Waals surface area contributed by atoms with Gasteiger partial charge >= 0.3 is 0 Å². The minimum absolute atomic E-state index is 0.447. The molecule has 0 amide bonds. The molecule has 3 N–H and O–H groups in total. The molecular weight excluding hydrogens is 368 g/mol. The molecule has 1 aromatic carbocycles. The van der Waals surface area contributed by atoms with Gasteiger partial charge in [-0.3, -0.25) is 0 Å². The lowest BCUT2D eigenvalue weighted by atomic mass is 10.0. The molecule has 8 heteroatoms. The van der Waals surface area contributed by atoms with Crippen LogP contribution in [0.15, 0.2) is 24.5 Å². The van der Waals surface area contributed by atoms with Crippen molar-refractivity contribution in [2.45, 2.75) is 25.3 Å². The molecule has 3 rings (SSSR count). The molecule has 1 aromatic heterocycles. The highest BCUT2D eigenvalue weighted by atomic mass is 16.5. The second-order valence-corrected chi connectivity index (χ2v) is 7.47. The number of rotatable bonds is 8. The van der Waals surface area contributed by atoms with Crippen molar-refractivity contribution >= 4 is 17.3 Å². The minimum Gasteiger partial charge on any atom is -0.493 e. The fourth-order valence-electron chi connectivity index (χ4n) is 3.72. The normalized spacial score (nSPS) is 15.2. The van der Waals surface area contributed by atoms with Crippen LogP contribution in [0, 0.1) is 0 Å². The van der Waals surface area contributed by atoms with Gasteiger partial charge in [0.05, 0.1) is 14.2 Å². The standard InChI is InChI=1S/C21H32N6O2/c1-26-11-8-16(9-12-26)27(2)21-19(22)20(24-14-25-21)23-10-7-15-5-6-17(28-3)18(13-15)29-4/h5-6,13-14,16H,7-12,22H2,1-4H3,(H,23,24,25). The third-order valence-corrected chi connectivity index (χ3v) is 5.59. The molecular formula is C21H32N6O2. The Balaban J connectivity index is 1.62. The summed E-state index contributed by atoms with van der Waals surface area (Å²) in [6.07, 6.45) is 4.61. The molecule has 8 nitrogen and oxygen atoms in total. The Labute approximate surface area is 173 Å². The average molecular weight is 401 g/mol. The van der Waals surface area contributed by atoms with E-state index in [9.17, 15) is 0 Å². The second-order valence-electron chi connectivity index (χ2n) is 7.47. The number of nitrogen functional groups attached to an aromatic ring is 1. The smallest absolute Gasteiger partial charge is 0.160 e. The lowest BCUT2D eigenvalue weighted by Crippen LogP contribution is -2.42. The summed E-state index contributed by atoms with van der Waals surface area (Å²) in [5.74, 6) is 2.93. The van der Waals surface area contributed by atoms with Gasteiger partial charge in [0.1, 0.15) is 12.0 Å². The first-order valence-electron chi connectivity index (χ1n) is 10.00. The number of ether oxygens (including phenoxy) is 2. The fraction of sp³-hybridized carbons (Fsp3) is 0.524. The van der Waals surface area contributed by atoms with Crippen molar-refractivity contribution in [2.75, 3.05) is 63.9 Å². The largest absolute Gasteiger partial charge is 0.493 e. The fourth-order valence-corrected chi connectivity index (χ4v) is 3.72. The number of likely N-dealkylation sites (tertiary alicyclic amines) is 1. The Morgan fingerprint density at radius 1 is 1.17 bits per heavy atom. The third-order valence-electron chi connectivity index (χ3n) is 5.59. The molecule has 29 heavy (non-hydrogen) atoms. The molecule has 1 fully saturated rings. The van der Waals surface area contributed by atoms with Gasteiger partial charge < -0.3 is 30.3 Å². The van der Waals surface area contributed by atoms with Gasteiger partial charge in [-0.15, -0.1) is 0 Å². The topological polar surface area (TPSA) is 88.8 Å². The SMILES string of the molecule is COc1ccc(CCNc2ncnc(N(C)C3CCN(C)CC3)c2N)cc1OC. The zero-order valence-electron chi connectivity index (χ0n) is 17.8. The van der Waals surface area contributed by atoms with E-state index < -0.39 is 0 Å². The van der Waals surface area contributed by atoms with Crippen LogP contribution < -0.4 is 25.4 Å². The first-order chi connectivity index (χ1) is 14.0. The highest BCUT2D eigenvalue weighted by molar-refractivity contribution is 5.75. The van der Waals surface area contributed by atoms with Crippen LogP contribution in [0.25, 0.3) is 0 Å². The summed E-state index contributed by atoms with van der Waals surface area (Å²) in [4.78, 5) is 13.3. The Morgan fingerprint density at radius 3 is 2.59 bits per heavy atom. The number of piperidine rings is 1. The molecule has 158 valence electrons. The molecule has 0 bridgehead atoms. The molecule has 0 radical (unpaired) electrons. The van der Waals surface area contributed by atoms with Crippen LogP contribution in [-0.2, 0) is 6.42 Å². The van der Waals surface area contributed by atoms with Crippen molar-refractivity contribution in [3.8, 4) is 11.5 Å². The van der Waals surface area contributed by atoms with Crippen molar-refractivity contribution in [1.82, 2.24) is 14.9 Å². The predicted molar refractivity (Wildman–Crippen MR) is 117 cm³/mol. The Morgan fingerprint density at radius 2 is 1.90 bits per heavy atom. The van der Waals surface area contributed by atoms with Crippen molar-refractivity contribution in [2.24, 2.45) is 0 Å². The van der Waals surface area contributed by atoms with Crippen LogP contribution in [0.5, 0.6) is 11.5 Å². The molecule has 0 saturated carbocycles. The van der Waals surface area contributed by atoms with Gasteiger partial charge in [0.2, 0.25) is 0 Å². The molecule has 1 aliphatic heterocycles. The van der Waals surface area contributed by atoms with Crippen LogP contribution in [-0.4, -0.2) is 68.9 Å². The van der Waals surface area contributed by atoms with Gasteiger partial charge in [-0.05, 0) is 57.1 Å². The lowest BCUT2D eigenvalue weighted by Gasteiger charge is -2.36. The minimum atomic E-state index is 0.447. The molecule has 0 spiro atoms. The van der Waals surface area contributed by atoms with Crippen LogP contribution in [0.4, 0.5) is 17.3 Å². The van der Waals surface area contributed by atoms with E-state index >= 15 is 0 Å². The Hall–Kier alpha value is -2.74. The van der Waals surface area contributed by atoms with Gasteiger partial charge in [0.25, 0.3) is 0 Å². The van der Waals surface area contributed by atoms with E-state index in [2.05, 4.69) is 39.2 Å². The summed E-state index contributed by atoms with van der Waals surface area (Å²) in [5.41, 5.74) is 8.15. The number of benzene rings is 1. The Kier molecular flexibility index (Phi) is 6.98. The van der Waals surface area contributed by atoms with E-state index in [4.69, 9.17) is 15.2 Å². The number of anilines is 3.